The Labute approximate surface area is 130 Å². The van der Waals surface area contributed by atoms with Gasteiger partial charge in [0.25, 0.3) is 11.8 Å². The summed E-state index contributed by atoms with van der Waals surface area (Å²) in [6.45, 7) is 2.80. The molecule has 1 aliphatic rings. The van der Waals surface area contributed by atoms with Crippen molar-refractivity contribution >= 4 is 33.7 Å². The molecule has 3 amide bonds. The van der Waals surface area contributed by atoms with Gasteiger partial charge in [0.2, 0.25) is 5.91 Å². The first-order valence-electron chi connectivity index (χ1n) is 6.34. The second kappa shape index (κ2) is 5.85. The van der Waals surface area contributed by atoms with Gasteiger partial charge < -0.3 is 9.64 Å². The third kappa shape index (κ3) is 3.41. The molecule has 112 valence electrons. The van der Waals surface area contributed by atoms with Crippen LogP contribution in [0.15, 0.2) is 28.7 Å². The van der Waals surface area contributed by atoms with Crippen LogP contribution in [0.25, 0.3) is 0 Å². The Bertz CT molecular complexity index is 583. The Balaban J connectivity index is 2.03. The van der Waals surface area contributed by atoms with E-state index in [1.54, 1.807) is 38.1 Å². The molecule has 0 saturated carbocycles. The SMILES string of the molecule is CC1(C)C(=O)NC(=O)CN1C(=O)COc1ccc(Br)cc1. The second-order valence-corrected chi connectivity index (χ2v) is 6.07. The summed E-state index contributed by atoms with van der Waals surface area (Å²) in [7, 11) is 0. The molecule has 0 spiro atoms. The molecule has 1 aromatic carbocycles. The molecule has 0 atom stereocenters. The average Bonchev–Trinajstić information content (AvgIpc) is 2.42. The molecule has 1 aromatic rings. The van der Waals surface area contributed by atoms with Crippen molar-refractivity contribution < 1.29 is 19.1 Å². The summed E-state index contributed by atoms with van der Waals surface area (Å²) in [6.07, 6.45) is 0. The molecule has 1 saturated heterocycles. The first kappa shape index (κ1) is 15.5. The maximum atomic E-state index is 12.2. The van der Waals surface area contributed by atoms with Crippen molar-refractivity contribution in [1.82, 2.24) is 10.2 Å². The molecular weight excluding hydrogens is 340 g/mol. The quantitative estimate of drug-likeness (QED) is 0.824. The van der Waals surface area contributed by atoms with Crippen molar-refractivity contribution in [2.75, 3.05) is 13.2 Å². The topological polar surface area (TPSA) is 75.7 Å². The number of ether oxygens (including phenoxy) is 1. The van der Waals surface area contributed by atoms with Crippen molar-refractivity contribution in [2.24, 2.45) is 0 Å². The van der Waals surface area contributed by atoms with Crippen LogP contribution in [0.5, 0.6) is 5.75 Å². The third-order valence-electron chi connectivity index (χ3n) is 3.26. The standard InChI is InChI=1S/C14H15BrN2O4/c1-14(2)13(20)16-11(18)7-17(14)12(19)8-21-10-5-3-9(15)4-6-10/h3-6H,7-8H2,1-2H3,(H,16,18,20). The second-order valence-electron chi connectivity index (χ2n) is 5.16. The Morgan fingerprint density at radius 3 is 2.57 bits per heavy atom. The number of piperazine rings is 1. The van der Waals surface area contributed by atoms with Crippen LogP contribution in [-0.2, 0) is 14.4 Å². The van der Waals surface area contributed by atoms with E-state index in [1.807, 2.05) is 0 Å². The van der Waals surface area contributed by atoms with E-state index in [-0.39, 0.29) is 13.2 Å². The van der Waals surface area contributed by atoms with Crippen LogP contribution in [0.4, 0.5) is 0 Å². The first-order valence-corrected chi connectivity index (χ1v) is 7.13. The van der Waals surface area contributed by atoms with E-state index in [1.165, 1.54) is 4.90 Å². The van der Waals surface area contributed by atoms with Gasteiger partial charge in [-0.05, 0) is 38.1 Å². The summed E-state index contributed by atoms with van der Waals surface area (Å²) >= 11 is 3.30. The monoisotopic (exact) mass is 354 g/mol. The van der Waals surface area contributed by atoms with E-state index in [0.717, 1.165) is 4.47 Å². The van der Waals surface area contributed by atoms with E-state index in [0.29, 0.717) is 5.75 Å². The zero-order valence-corrected chi connectivity index (χ0v) is 13.3. The molecule has 0 unspecified atom stereocenters. The summed E-state index contributed by atoms with van der Waals surface area (Å²) in [6, 6.07) is 7.02. The Morgan fingerprint density at radius 2 is 1.95 bits per heavy atom. The van der Waals surface area contributed by atoms with Gasteiger partial charge in [-0.2, -0.15) is 0 Å². The summed E-state index contributed by atoms with van der Waals surface area (Å²) in [5, 5.41) is 2.22. The summed E-state index contributed by atoms with van der Waals surface area (Å²) in [5.41, 5.74) is -1.08. The summed E-state index contributed by atoms with van der Waals surface area (Å²) in [5.74, 6) is -0.852. The van der Waals surface area contributed by atoms with Gasteiger partial charge in [-0.25, -0.2) is 0 Å². The fraction of sp³-hybridized carbons (Fsp3) is 0.357. The zero-order valence-electron chi connectivity index (χ0n) is 11.7. The Kier molecular flexibility index (Phi) is 4.32. The maximum absolute atomic E-state index is 12.2. The van der Waals surface area contributed by atoms with Crippen LogP contribution < -0.4 is 10.1 Å². The molecular formula is C14H15BrN2O4. The number of carbonyl (C=O) groups excluding carboxylic acids is 3. The van der Waals surface area contributed by atoms with E-state index in [4.69, 9.17) is 4.74 Å². The van der Waals surface area contributed by atoms with Gasteiger partial charge in [-0.15, -0.1) is 0 Å². The van der Waals surface area contributed by atoms with Crippen LogP contribution in [0.3, 0.4) is 0 Å². The van der Waals surface area contributed by atoms with Gasteiger partial charge in [-0.3, -0.25) is 19.7 Å². The van der Waals surface area contributed by atoms with Gasteiger partial charge in [0.15, 0.2) is 6.61 Å². The molecule has 1 fully saturated rings. The number of benzene rings is 1. The number of imide groups is 1. The highest BCUT2D eigenvalue weighted by molar-refractivity contribution is 9.10. The Morgan fingerprint density at radius 1 is 1.33 bits per heavy atom. The van der Waals surface area contributed by atoms with Gasteiger partial charge in [-0.1, -0.05) is 15.9 Å². The number of rotatable bonds is 3. The molecule has 6 nitrogen and oxygen atoms in total. The van der Waals surface area contributed by atoms with E-state index < -0.39 is 23.3 Å². The van der Waals surface area contributed by atoms with Crippen LogP contribution >= 0.6 is 15.9 Å². The molecule has 1 aliphatic heterocycles. The molecule has 1 N–H and O–H groups in total. The normalized spacial score (nSPS) is 17.4. The molecule has 0 aliphatic carbocycles. The molecule has 0 radical (unpaired) electrons. The smallest absolute Gasteiger partial charge is 0.261 e. The van der Waals surface area contributed by atoms with Crippen molar-refractivity contribution in [3.8, 4) is 5.75 Å². The van der Waals surface area contributed by atoms with Crippen molar-refractivity contribution in [2.45, 2.75) is 19.4 Å². The molecule has 1 heterocycles. The van der Waals surface area contributed by atoms with E-state index in [9.17, 15) is 14.4 Å². The van der Waals surface area contributed by atoms with Crippen molar-refractivity contribution in [3.05, 3.63) is 28.7 Å². The highest BCUT2D eigenvalue weighted by Crippen LogP contribution is 2.20. The van der Waals surface area contributed by atoms with Gasteiger partial charge >= 0.3 is 0 Å². The van der Waals surface area contributed by atoms with Crippen LogP contribution in [0.2, 0.25) is 0 Å². The lowest BCUT2D eigenvalue weighted by Gasteiger charge is -2.39. The number of amides is 3. The number of carbonyl (C=O) groups is 3. The first-order chi connectivity index (χ1) is 9.80. The molecule has 21 heavy (non-hydrogen) atoms. The molecule has 7 heteroatoms. The van der Waals surface area contributed by atoms with Gasteiger partial charge in [0.05, 0.1) is 0 Å². The minimum Gasteiger partial charge on any atom is -0.484 e. The van der Waals surface area contributed by atoms with Crippen molar-refractivity contribution in [1.29, 1.82) is 0 Å². The number of nitrogens with zero attached hydrogens (tertiary/aromatic N) is 1. The zero-order chi connectivity index (χ0) is 15.6. The highest BCUT2D eigenvalue weighted by atomic mass is 79.9. The number of hydrogen-bond acceptors (Lipinski definition) is 4. The number of hydrogen-bond donors (Lipinski definition) is 1. The summed E-state index contributed by atoms with van der Waals surface area (Å²) < 4.78 is 6.29. The lowest BCUT2D eigenvalue weighted by molar-refractivity contribution is -0.156. The molecule has 0 aromatic heterocycles. The fourth-order valence-corrected chi connectivity index (χ4v) is 2.20. The van der Waals surface area contributed by atoms with Crippen LogP contribution in [0.1, 0.15) is 13.8 Å². The molecule has 0 bridgehead atoms. The number of nitrogens with one attached hydrogen (secondary N) is 1. The van der Waals surface area contributed by atoms with Crippen LogP contribution in [-0.4, -0.2) is 41.3 Å². The fourth-order valence-electron chi connectivity index (χ4n) is 1.94. The predicted molar refractivity (Wildman–Crippen MR) is 78.6 cm³/mol. The maximum Gasteiger partial charge on any atom is 0.261 e. The van der Waals surface area contributed by atoms with Gasteiger partial charge in [0, 0.05) is 4.47 Å². The van der Waals surface area contributed by atoms with Crippen LogP contribution in [0, 0.1) is 0 Å². The lowest BCUT2D eigenvalue weighted by atomic mass is 9.98. The Hall–Kier alpha value is -1.89. The van der Waals surface area contributed by atoms with E-state index >= 15 is 0 Å². The predicted octanol–water partition coefficient (Wildman–Crippen LogP) is 1.09. The van der Waals surface area contributed by atoms with Crippen molar-refractivity contribution in [3.63, 3.8) is 0 Å². The third-order valence-corrected chi connectivity index (χ3v) is 3.79. The minimum atomic E-state index is -1.08. The number of halogens is 1. The lowest BCUT2D eigenvalue weighted by Crippen LogP contribution is -2.66. The molecule has 2 rings (SSSR count). The van der Waals surface area contributed by atoms with Gasteiger partial charge in [0.1, 0.15) is 17.8 Å². The largest absolute Gasteiger partial charge is 0.484 e. The average molecular weight is 355 g/mol. The van der Waals surface area contributed by atoms with E-state index in [2.05, 4.69) is 21.2 Å². The highest BCUT2D eigenvalue weighted by Gasteiger charge is 2.43. The minimum absolute atomic E-state index is 0.152. The summed E-state index contributed by atoms with van der Waals surface area (Å²) in [4.78, 5) is 36.6.